The van der Waals surface area contributed by atoms with Crippen molar-refractivity contribution in [3.63, 3.8) is 0 Å². The lowest BCUT2D eigenvalue weighted by molar-refractivity contribution is 0.215. The zero-order valence-corrected chi connectivity index (χ0v) is 17.0. The maximum absolute atomic E-state index is 4.29. The van der Waals surface area contributed by atoms with Crippen molar-refractivity contribution in [1.29, 1.82) is 0 Å². The van der Waals surface area contributed by atoms with Crippen molar-refractivity contribution in [3.8, 4) is 0 Å². The molecule has 0 saturated heterocycles. The van der Waals surface area contributed by atoms with E-state index in [0.29, 0.717) is 6.04 Å². The third-order valence-electron chi connectivity index (χ3n) is 3.81. The first-order valence-electron chi connectivity index (χ1n) is 7.93. The molecule has 1 aliphatic rings. The number of hydrogen-bond acceptors (Lipinski definition) is 3. The van der Waals surface area contributed by atoms with E-state index >= 15 is 0 Å². The van der Waals surface area contributed by atoms with E-state index in [1.165, 1.54) is 17.7 Å². The van der Waals surface area contributed by atoms with Gasteiger partial charge in [-0.2, -0.15) is 0 Å². The molecule has 0 bridgehead atoms. The van der Waals surface area contributed by atoms with Crippen molar-refractivity contribution in [2.75, 3.05) is 26.7 Å². The van der Waals surface area contributed by atoms with Crippen LogP contribution in [0.2, 0.25) is 0 Å². The van der Waals surface area contributed by atoms with E-state index in [-0.39, 0.29) is 24.0 Å². The molecule has 1 heterocycles. The summed E-state index contributed by atoms with van der Waals surface area (Å²) in [6.07, 6.45) is 3.79. The van der Waals surface area contributed by atoms with E-state index in [9.17, 15) is 0 Å². The van der Waals surface area contributed by atoms with Gasteiger partial charge in [0.05, 0.1) is 0 Å². The summed E-state index contributed by atoms with van der Waals surface area (Å²) >= 11 is 1.81. The fourth-order valence-corrected chi connectivity index (χ4v) is 3.26. The smallest absolute Gasteiger partial charge is 0.191 e. The summed E-state index contributed by atoms with van der Waals surface area (Å²) < 4.78 is 0. The molecule has 22 heavy (non-hydrogen) atoms. The van der Waals surface area contributed by atoms with Crippen molar-refractivity contribution >= 4 is 41.3 Å². The van der Waals surface area contributed by atoms with Crippen LogP contribution in [0.15, 0.2) is 22.5 Å². The van der Waals surface area contributed by atoms with Crippen molar-refractivity contribution in [2.45, 2.75) is 45.2 Å². The van der Waals surface area contributed by atoms with Crippen LogP contribution < -0.4 is 10.6 Å². The Bertz CT molecular complexity index is 427. The standard InChI is InChI=1S/C16H28N4S.HI/c1-13(2)20(14-6-7-14)11-10-19-16(17-3)18-9-8-15-5-4-12-21-15;/h4-5,12-14H,6-11H2,1-3H3,(H2,17,18,19);1H. The molecule has 0 spiro atoms. The number of halogens is 1. The molecule has 0 radical (unpaired) electrons. The Balaban J connectivity index is 0.00000242. The molecule has 6 heteroatoms. The largest absolute Gasteiger partial charge is 0.356 e. The predicted octanol–water partition coefficient (Wildman–Crippen LogP) is 2.95. The first-order chi connectivity index (χ1) is 10.2. The van der Waals surface area contributed by atoms with E-state index in [1.807, 2.05) is 18.4 Å². The van der Waals surface area contributed by atoms with Crippen molar-refractivity contribution in [2.24, 2.45) is 4.99 Å². The first-order valence-corrected chi connectivity index (χ1v) is 8.81. The summed E-state index contributed by atoms with van der Waals surface area (Å²) in [6, 6.07) is 5.73. The predicted molar refractivity (Wildman–Crippen MR) is 108 cm³/mol. The van der Waals surface area contributed by atoms with Gasteiger partial charge in [-0.1, -0.05) is 6.07 Å². The van der Waals surface area contributed by atoms with Gasteiger partial charge >= 0.3 is 0 Å². The lowest BCUT2D eigenvalue weighted by Gasteiger charge is -2.26. The van der Waals surface area contributed by atoms with Crippen LogP contribution in [0.3, 0.4) is 0 Å². The SMILES string of the molecule is CN=C(NCCc1cccs1)NCCN(C(C)C)C1CC1.I. The summed E-state index contributed by atoms with van der Waals surface area (Å²) in [5.74, 6) is 0.908. The molecule has 1 aromatic rings. The molecule has 1 saturated carbocycles. The van der Waals surface area contributed by atoms with Crippen molar-refractivity contribution < 1.29 is 0 Å². The van der Waals surface area contributed by atoms with Gasteiger partial charge in [0, 0.05) is 43.6 Å². The summed E-state index contributed by atoms with van der Waals surface area (Å²) in [5.41, 5.74) is 0. The Kier molecular flexibility index (Phi) is 9.35. The van der Waals surface area contributed by atoms with Crippen LogP contribution in [0.1, 0.15) is 31.6 Å². The Morgan fingerprint density at radius 2 is 2.09 bits per heavy atom. The van der Waals surface area contributed by atoms with Crippen molar-refractivity contribution in [3.05, 3.63) is 22.4 Å². The number of thiophene rings is 1. The Labute approximate surface area is 155 Å². The first kappa shape index (κ1) is 19.7. The van der Waals surface area contributed by atoms with E-state index in [2.05, 4.69) is 51.9 Å². The monoisotopic (exact) mass is 436 g/mol. The molecule has 126 valence electrons. The number of rotatable bonds is 8. The van der Waals surface area contributed by atoms with E-state index in [0.717, 1.165) is 38.1 Å². The van der Waals surface area contributed by atoms with Crippen LogP contribution in [0, 0.1) is 0 Å². The molecule has 4 nitrogen and oxygen atoms in total. The zero-order chi connectivity index (χ0) is 15.1. The number of nitrogens with zero attached hydrogens (tertiary/aromatic N) is 2. The van der Waals surface area contributed by atoms with Gasteiger partial charge in [0.1, 0.15) is 0 Å². The maximum atomic E-state index is 4.29. The highest BCUT2D eigenvalue weighted by Crippen LogP contribution is 2.27. The van der Waals surface area contributed by atoms with Gasteiger partial charge in [-0.25, -0.2) is 0 Å². The third-order valence-corrected chi connectivity index (χ3v) is 4.75. The van der Waals surface area contributed by atoms with Gasteiger partial charge in [0.25, 0.3) is 0 Å². The van der Waals surface area contributed by atoms with Crippen LogP contribution in [-0.2, 0) is 6.42 Å². The molecule has 1 aromatic heterocycles. The van der Waals surface area contributed by atoms with Gasteiger partial charge in [0.2, 0.25) is 0 Å². The number of aliphatic imine (C=N–C) groups is 1. The van der Waals surface area contributed by atoms with Crippen LogP contribution in [0.25, 0.3) is 0 Å². The lowest BCUT2D eigenvalue weighted by atomic mass is 10.3. The summed E-state index contributed by atoms with van der Waals surface area (Å²) in [4.78, 5) is 8.29. The quantitative estimate of drug-likeness (QED) is 0.374. The second-order valence-electron chi connectivity index (χ2n) is 5.82. The Hall–Kier alpha value is -0.340. The van der Waals surface area contributed by atoms with Crippen LogP contribution in [0.5, 0.6) is 0 Å². The second kappa shape index (κ2) is 10.4. The molecule has 2 rings (SSSR count). The molecule has 0 atom stereocenters. The molecule has 1 aliphatic carbocycles. The van der Waals surface area contributed by atoms with Crippen LogP contribution >= 0.6 is 35.3 Å². The molecule has 2 N–H and O–H groups in total. The topological polar surface area (TPSA) is 39.7 Å². The molecule has 0 unspecified atom stereocenters. The highest BCUT2D eigenvalue weighted by atomic mass is 127. The average Bonchev–Trinajstić information content (AvgIpc) is 3.17. The number of hydrogen-bond donors (Lipinski definition) is 2. The molecule has 0 aliphatic heterocycles. The highest BCUT2D eigenvalue weighted by molar-refractivity contribution is 14.0. The summed E-state index contributed by atoms with van der Waals surface area (Å²) in [6.45, 7) is 7.54. The Morgan fingerprint density at radius 1 is 1.36 bits per heavy atom. The summed E-state index contributed by atoms with van der Waals surface area (Å²) in [7, 11) is 1.83. The zero-order valence-electron chi connectivity index (χ0n) is 13.8. The van der Waals surface area contributed by atoms with Crippen LogP contribution in [0.4, 0.5) is 0 Å². The lowest BCUT2D eigenvalue weighted by Crippen LogP contribution is -2.44. The normalized spacial score (nSPS) is 15.0. The molecular weight excluding hydrogens is 407 g/mol. The maximum Gasteiger partial charge on any atom is 0.191 e. The Morgan fingerprint density at radius 3 is 2.64 bits per heavy atom. The minimum Gasteiger partial charge on any atom is -0.356 e. The van der Waals surface area contributed by atoms with E-state index in [1.54, 1.807) is 0 Å². The van der Waals surface area contributed by atoms with Crippen molar-refractivity contribution in [1.82, 2.24) is 15.5 Å². The van der Waals surface area contributed by atoms with E-state index in [4.69, 9.17) is 0 Å². The minimum atomic E-state index is 0. The van der Waals surface area contributed by atoms with Gasteiger partial charge < -0.3 is 10.6 Å². The molecular formula is C16H29IN4S. The number of guanidine groups is 1. The van der Waals surface area contributed by atoms with E-state index < -0.39 is 0 Å². The molecule has 0 aromatic carbocycles. The second-order valence-corrected chi connectivity index (χ2v) is 6.85. The summed E-state index contributed by atoms with van der Waals surface area (Å²) in [5, 5.41) is 8.93. The minimum absolute atomic E-state index is 0. The molecule has 0 amide bonds. The van der Waals surface area contributed by atoms with Crippen LogP contribution in [-0.4, -0.2) is 49.6 Å². The molecule has 1 fully saturated rings. The van der Waals surface area contributed by atoms with Gasteiger partial charge in [0.15, 0.2) is 5.96 Å². The highest BCUT2D eigenvalue weighted by Gasteiger charge is 2.29. The fraction of sp³-hybridized carbons (Fsp3) is 0.688. The fourth-order valence-electron chi connectivity index (χ4n) is 2.55. The van der Waals surface area contributed by atoms with Gasteiger partial charge in [-0.3, -0.25) is 9.89 Å². The van der Waals surface area contributed by atoms with Gasteiger partial charge in [-0.05, 0) is 44.6 Å². The third kappa shape index (κ3) is 6.83. The average molecular weight is 436 g/mol. The number of nitrogens with one attached hydrogen (secondary N) is 2. The van der Waals surface area contributed by atoms with Gasteiger partial charge in [-0.15, -0.1) is 35.3 Å².